The number of likely N-dealkylation sites (N-methyl/N-ethyl adjacent to an activating group) is 1. The van der Waals surface area contributed by atoms with Crippen LogP contribution in [-0.2, 0) is 26.3 Å². The third-order valence-electron chi connectivity index (χ3n) is 4.32. The zero-order valence-corrected chi connectivity index (χ0v) is 18.9. The lowest BCUT2D eigenvalue weighted by Gasteiger charge is -2.26. The predicted octanol–water partition coefficient (Wildman–Crippen LogP) is 3.07. The van der Waals surface area contributed by atoms with E-state index in [1.54, 1.807) is 31.2 Å². The summed E-state index contributed by atoms with van der Waals surface area (Å²) in [6.45, 7) is 2.30. The van der Waals surface area contributed by atoms with Gasteiger partial charge in [0.05, 0.1) is 6.54 Å². The average Bonchev–Trinajstić information content (AvgIpc) is 2.69. The number of carbonyl (C=O) groups is 2. The van der Waals surface area contributed by atoms with Gasteiger partial charge in [-0.1, -0.05) is 24.6 Å². The number of carbonyl (C=O) groups excluding carboxylic acids is 2. The summed E-state index contributed by atoms with van der Waals surface area (Å²) in [5.41, 5.74) is 1.06. The molecule has 2 aromatic carbocycles. The van der Waals surface area contributed by atoms with Crippen LogP contribution in [0.2, 0.25) is 5.02 Å². The fourth-order valence-electron chi connectivity index (χ4n) is 2.74. The van der Waals surface area contributed by atoms with Gasteiger partial charge in [0, 0.05) is 49.0 Å². The Kier molecular flexibility index (Phi) is 8.52. The van der Waals surface area contributed by atoms with E-state index in [-0.39, 0.29) is 29.6 Å². The lowest BCUT2D eigenvalue weighted by Crippen LogP contribution is -2.45. The van der Waals surface area contributed by atoms with Crippen LogP contribution in [0.25, 0.3) is 0 Å². The van der Waals surface area contributed by atoms with Gasteiger partial charge in [0.1, 0.15) is 5.82 Å². The van der Waals surface area contributed by atoms with Gasteiger partial charge >= 0.3 is 0 Å². The van der Waals surface area contributed by atoms with Crippen LogP contribution >= 0.6 is 11.6 Å². The van der Waals surface area contributed by atoms with Crippen LogP contribution in [0.4, 0.5) is 15.8 Å². The minimum Gasteiger partial charge on any atom is -0.326 e. The quantitative estimate of drug-likeness (QED) is 0.588. The summed E-state index contributed by atoms with van der Waals surface area (Å²) < 4.78 is 41.7. The zero-order chi connectivity index (χ0) is 23.2. The molecule has 0 bridgehead atoms. The van der Waals surface area contributed by atoms with Crippen molar-refractivity contribution >= 4 is 45.0 Å². The van der Waals surface area contributed by atoms with Crippen molar-refractivity contribution in [3.63, 3.8) is 0 Å². The molecule has 2 rings (SSSR count). The van der Waals surface area contributed by atoms with Gasteiger partial charge < -0.3 is 10.6 Å². The van der Waals surface area contributed by atoms with E-state index in [2.05, 4.69) is 10.6 Å². The Morgan fingerprint density at radius 3 is 2.16 bits per heavy atom. The molecule has 0 unspecified atom stereocenters. The first kappa shape index (κ1) is 24.7. The van der Waals surface area contributed by atoms with Crippen molar-refractivity contribution in [1.29, 1.82) is 0 Å². The van der Waals surface area contributed by atoms with Gasteiger partial charge in [0.2, 0.25) is 11.8 Å². The average molecular weight is 471 g/mol. The Hall–Kier alpha value is -2.53. The van der Waals surface area contributed by atoms with Crippen molar-refractivity contribution in [3.8, 4) is 0 Å². The molecule has 0 saturated heterocycles. The van der Waals surface area contributed by atoms with Gasteiger partial charge in [-0.2, -0.15) is 17.0 Å². The molecular weight excluding hydrogens is 447 g/mol. The third kappa shape index (κ3) is 6.73. The molecule has 0 fully saturated rings. The normalized spacial score (nSPS) is 11.6. The maximum atomic E-state index is 14.0. The lowest BCUT2D eigenvalue weighted by molar-refractivity contribution is -0.116. The molecule has 31 heavy (non-hydrogen) atoms. The van der Waals surface area contributed by atoms with Gasteiger partial charge in [0.25, 0.3) is 10.2 Å². The number of rotatable bonds is 9. The molecule has 2 amide bonds. The van der Waals surface area contributed by atoms with Crippen LogP contribution < -0.4 is 10.6 Å². The summed E-state index contributed by atoms with van der Waals surface area (Å²) in [5.74, 6) is -1.38. The van der Waals surface area contributed by atoms with Crippen molar-refractivity contribution in [3.05, 3.63) is 58.9 Å². The number of hydrogen-bond donors (Lipinski definition) is 2. The summed E-state index contributed by atoms with van der Waals surface area (Å²) in [5, 5.41) is 5.33. The highest BCUT2D eigenvalue weighted by atomic mass is 35.5. The molecule has 0 spiro atoms. The van der Waals surface area contributed by atoms with Gasteiger partial charge in [-0.15, -0.1) is 0 Å². The Morgan fingerprint density at radius 1 is 1.06 bits per heavy atom. The number of halogens is 2. The monoisotopic (exact) mass is 470 g/mol. The summed E-state index contributed by atoms with van der Waals surface area (Å²) in [7, 11) is -2.77. The Morgan fingerprint density at radius 2 is 1.65 bits per heavy atom. The lowest BCUT2D eigenvalue weighted by atomic mass is 10.2. The van der Waals surface area contributed by atoms with E-state index in [9.17, 15) is 22.4 Å². The van der Waals surface area contributed by atoms with Crippen molar-refractivity contribution in [1.82, 2.24) is 8.61 Å². The molecule has 0 aliphatic carbocycles. The van der Waals surface area contributed by atoms with E-state index >= 15 is 0 Å². The van der Waals surface area contributed by atoms with Gasteiger partial charge in [-0.05, 0) is 36.4 Å². The predicted molar refractivity (Wildman–Crippen MR) is 118 cm³/mol. The minimum atomic E-state index is -4.06. The van der Waals surface area contributed by atoms with E-state index in [4.69, 9.17) is 11.6 Å². The standard InChI is InChI=1S/C20H24ClFN4O4S/c1-4-26(13-20(28)24-16-10-8-15(9-11-16)23-14(2)27)31(29,30)25(3)12-17-18(21)6-5-7-19(17)22/h5-11H,4,12-13H2,1-3H3,(H,23,27)(H,24,28). The number of hydrogen-bond acceptors (Lipinski definition) is 4. The highest BCUT2D eigenvalue weighted by molar-refractivity contribution is 7.86. The number of nitrogens with one attached hydrogen (secondary N) is 2. The molecular formula is C20H24ClFN4O4S. The molecule has 0 heterocycles. The van der Waals surface area contributed by atoms with Crippen LogP contribution in [-0.4, -0.2) is 49.0 Å². The molecule has 0 aliphatic rings. The van der Waals surface area contributed by atoms with Gasteiger partial charge in [-0.25, -0.2) is 4.39 Å². The molecule has 0 saturated carbocycles. The van der Waals surface area contributed by atoms with E-state index in [1.807, 2.05) is 0 Å². The number of amides is 2. The van der Waals surface area contributed by atoms with Crippen LogP contribution in [0.1, 0.15) is 19.4 Å². The minimum absolute atomic E-state index is 0.0343. The van der Waals surface area contributed by atoms with Crippen LogP contribution in [0.3, 0.4) is 0 Å². The maximum absolute atomic E-state index is 14.0. The van der Waals surface area contributed by atoms with E-state index in [0.29, 0.717) is 11.4 Å². The summed E-state index contributed by atoms with van der Waals surface area (Å²) in [6, 6.07) is 10.5. The van der Waals surface area contributed by atoms with Gasteiger partial charge in [-0.3, -0.25) is 9.59 Å². The zero-order valence-electron chi connectivity index (χ0n) is 17.4. The van der Waals surface area contributed by atoms with E-state index < -0.39 is 28.5 Å². The second-order valence-electron chi connectivity index (χ2n) is 6.70. The molecule has 2 N–H and O–H groups in total. The maximum Gasteiger partial charge on any atom is 0.282 e. The highest BCUT2D eigenvalue weighted by Crippen LogP contribution is 2.22. The van der Waals surface area contributed by atoms with Crippen molar-refractivity contribution in [2.24, 2.45) is 0 Å². The SMILES string of the molecule is CCN(CC(=O)Nc1ccc(NC(C)=O)cc1)S(=O)(=O)N(C)Cc1c(F)cccc1Cl. The molecule has 2 aromatic rings. The fraction of sp³-hybridized carbons (Fsp3) is 0.300. The molecule has 8 nitrogen and oxygen atoms in total. The third-order valence-corrected chi connectivity index (χ3v) is 6.64. The number of anilines is 2. The van der Waals surface area contributed by atoms with Crippen molar-refractivity contribution in [2.45, 2.75) is 20.4 Å². The first-order valence-electron chi connectivity index (χ1n) is 9.36. The second-order valence-corrected chi connectivity index (χ2v) is 9.14. The first-order chi connectivity index (χ1) is 14.5. The first-order valence-corrected chi connectivity index (χ1v) is 11.1. The Balaban J connectivity index is 2.06. The number of nitrogens with zero attached hydrogens (tertiary/aromatic N) is 2. The smallest absolute Gasteiger partial charge is 0.282 e. The van der Waals surface area contributed by atoms with Crippen LogP contribution in [0.15, 0.2) is 42.5 Å². The second kappa shape index (κ2) is 10.7. The number of benzene rings is 2. The van der Waals surface area contributed by atoms with Crippen LogP contribution in [0.5, 0.6) is 0 Å². The van der Waals surface area contributed by atoms with Crippen molar-refractivity contribution < 1.29 is 22.4 Å². The highest BCUT2D eigenvalue weighted by Gasteiger charge is 2.28. The summed E-state index contributed by atoms with van der Waals surface area (Å²) >= 11 is 5.99. The molecule has 0 aliphatic heterocycles. The largest absolute Gasteiger partial charge is 0.326 e. The topological polar surface area (TPSA) is 98.8 Å². The molecule has 0 aromatic heterocycles. The fourth-order valence-corrected chi connectivity index (χ4v) is 4.26. The summed E-state index contributed by atoms with van der Waals surface area (Å²) in [6.07, 6.45) is 0. The van der Waals surface area contributed by atoms with Gasteiger partial charge in [0.15, 0.2) is 0 Å². The van der Waals surface area contributed by atoms with E-state index in [1.165, 1.54) is 32.2 Å². The Bertz CT molecular complexity index is 1030. The summed E-state index contributed by atoms with van der Waals surface area (Å²) in [4.78, 5) is 23.5. The van der Waals surface area contributed by atoms with E-state index in [0.717, 1.165) is 8.61 Å². The molecule has 11 heteroatoms. The molecule has 168 valence electrons. The Labute approximate surface area is 186 Å². The van der Waals surface area contributed by atoms with Crippen LogP contribution in [0, 0.1) is 5.82 Å². The molecule has 0 radical (unpaired) electrons. The van der Waals surface area contributed by atoms with Crippen molar-refractivity contribution in [2.75, 3.05) is 30.8 Å². The molecule has 0 atom stereocenters.